The number of amides is 1. The van der Waals surface area contributed by atoms with Gasteiger partial charge in [0.25, 0.3) is 5.91 Å². The zero-order valence-electron chi connectivity index (χ0n) is 10.1. The first-order valence-corrected chi connectivity index (χ1v) is 5.71. The van der Waals surface area contributed by atoms with E-state index in [1.807, 2.05) is 0 Å². The normalized spacial score (nSPS) is 21.4. The molecule has 0 aliphatic carbocycles. The van der Waals surface area contributed by atoms with Crippen LogP contribution in [0.3, 0.4) is 0 Å². The fourth-order valence-electron chi connectivity index (χ4n) is 1.90. The lowest BCUT2D eigenvalue weighted by Gasteiger charge is -2.15. The summed E-state index contributed by atoms with van der Waals surface area (Å²) in [5.74, 6) is -0.335. The van der Waals surface area contributed by atoms with Gasteiger partial charge in [-0.1, -0.05) is 18.2 Å². The van der Waals surface area contributed by atoms with Crippen LogP contribution in [0.5, 0.6) is 0 Å². The fourth-order valence-corrected chi connectivity index (χ4v) is 1.90. The van der Waals surface area contributed by atoms with Crippen molar-refractivity contribution < 1.29 is 18.0 Å². The first-order chi connectivity index (χ1) is 8.93. The number of benzene rings is 1. The number of alkyl halides is 3. The maximum atomic E-state index is 12.9. The van der Waals surface area contributed by atoms with E-state index >= 15 is 0 Å². The zero-order chi connectivity index (χ0) is 14.0. The van der Waals surface area contributed by atoms with Crippen LogP contribution in [0.4, 0.5) is 13.2 Å². The van der Waals surface area contributed by atoms with Crippen LogP contribution in [0.15, 0.2) is 29.3 Å². The summed E-state index contributed by atoms with van der Waals surface area (Å²) in [4.78, 5) is 15.7. The van der Waals surface area contributed by atoms with E-state index in [9.17, 15) is 18.0 Å². The summed E-state index contributed by atoms with van der Waals surface area (Å²) in [6, 6.07) is 3.94. The highest BCUT2D eigenvalue weighted by Crippen LogP contribution is 2.35. The van der Waals surface area contributed by atoms with E-state index in [-0.39, 0.29) is 11.5 Å². The van der Waals surface area contributed by atoms with Crippen LogP contribution in [0, 0.1) is 0 Å². The Labute approximate surface area is 107 Å². The molecule has 1 amide bonds. The minimum atomic E-state index is -4.50. The number of halogens is 3. The van der Waals surface area contributed by atoms with E-state index in [2.05, 4.69) is 15.6 Å². The molecule has 0 spiro atoms. The number of aliphatic imine (C=N–C) groups is 1. The number of nitrogens with one attached hydrogen (secondary N) is 2. The van der Waals surface area contributed by atoms with Crippen LogP contribution in [0.2, 0.25) is 0 Å². The SMILES string of the molecule is CCN=C1NC(=O)C(c2ccccc2C(F)(F)F)N1. The largest absolute Gasteiger partial charge is 0.416 e. The van der Waals surface area contributed by atoms with Gasteiger partial charge in [-0.2, -0.15) is 13.2 Å². The molecule has 1 aromatic rings. The van der Waals surface area contributed by atoms with Crippen molar-refractivity contribution in [1.82, 2.24) is 10.6 Å². The summed E-state index contributed by atoms with van der Waals surface area (Å²) < 4.78 is 38.7. The molecule has 7 heteroatoms. The van der Waals surface area contributed by atoms with Crippen molar-refractivity contribution in [3.63, 3.8) is 0 Å². The van der Waals surface area contributed by atoms with Crippen LogP contribution >= 0.6 is 0 Å². The minimum absolute atomic E-state index is 0.103. The van der Waals surface area contributed by atoms with Crippen LogP contribution in [0.1, 0.15) is 24.1 Å². The van der Waals surface area contributed by atoms with Crippen molar-refractivity contribution in [1.29, 1.82) is 0 Å². The van der Waals surface area contributed by atoms with Gasteiger partial charge in [-0.15, -0.1) is 0 Å². The van der Waals surface area contributed by atoms with Gasteiger partial charge < -0.3 is 5.32 Å². The Morgan fingerprint density at radius 2 is 2.00 bits per heavy atom. The third kappa shape index (κ3) is 2.69. The number of hydrogen-bond acceptors (Lipinski definition) is 2. The molecular formula is C12H12F3N3O. The smallest absolute Gasteiger partial charge is 0.340 e. The molecule has 19 heavy (non-hydrogen) atoms. The Hall–Kier alpha value is -2.05. The van der Waals surface area contributed by atoms with Crippen molar-refractivity contribution in [3.05, 3.63) is 35.4 Å². The second-order valence-electron chi connectivity index (χ2n) is 3.97. The lowest BCUT2D eigenvalue weighted by molar-refractivity contribution is -0.138. The maximum Gasteiger partial charge on any atom is 0.416 e. The predicted molar refractivity (Wildman–Crippen MR) is 63.4 cm³/mol. The number of nitrogens with zero attached hydrogens (tertiary/aromatic N) is 1. The van der Waals surface area contributed by atoms with Gasteiger partial charge in [-0.05, 0) is 18.6 Å². The first kappa shape index (κ1) is 13.4. The van der Waals surface area contributed by atoms with Gasteiger partial charge in [0.05, 0.1) is 5.56 Å². The van der Waals surface area contributed by atoms with Gasteiger partial charge in [-0.3, -0.25) is 15.1 Å². The predicted octanol–water partition coefficient (Wildman–Crippen LogP) is 1.84. The highest BCUT2D eigenvalue weighted by Gasteiger charge is 2.39. The second-order valence-corrected chi connectivity index (χ2v) is 3.97. The van der Waals surface area contributed by atoms with Crippen molar-refractivity contribution in [2.45, 2.75) is 19.1 Å². The molecule has 1 heterocycles. The molecule has 1 unspecified atom stereocenters. The van der Waals surface area contributed by atoms with Crippen LogP contribution in [-0.2, 0) is 11.0 Å². The molecule has 4 nitrogen and oxygen atoms in total. The topological polar surface area (TPSA) is 53.5 Å². The summed E-state index contributed by atoms with van der Waals surface area (Å²) in [7, 11) is 0. The Morgan fingerprint density at radius 1 is 1.32 bits per heavy atom. The summed E-state index contributed by atoms with van der Waals surface area (Å²) in [6.45, 7) is 2.19. The molecular weight excluding hydrogens is 259 g/mol. The van der Waals surface area contributed by atoms with Crippen LogP contribution in [-0.4, -0.2) is 18.4 Å². The van der Waals surface area contributed by atoms with Gasteiger partial charge in [0.1, 0.15) is 6.04 Å². The quantitative estimate of drug-likeness (QED) is 0.862. The molecule has 2 rings (SSSR count). The summed E-state index contributed by atoms with van der Waals surface area (Å²) >= 11 is 0. The fraction of sp³-hybridized carbons (Fsp3) is 0.333. The molecule has 1 aliphatic rings. The summed E-state index contributed by atoms with van der Waals surface area (Å²) in [5, 5.41) is 5.07. The highest BCUT2D eigenvalue weighted by molar-refractivity contribution is 6.06. The molecule has 1 atom stereocenters. The number of carbonyl (C=O) groups is 1. The van der Waals surface area contributed by atoms with Crippen molar-refractivity contribution in [3.8, 4) is 0 Å². The van der Waals surface area contributed by atoms with Crippen molar-refractivity contribution in [2.24, 2.45) is 4.99 Å². The van der Waals surface area contributed by atoms with Crippen molar-refractivity contribution >= 4 is 11.9 Å². The van der Waals surface area contributed by atoms with E-state index in [1.54, 1.807) is 6.92 Å². The third-order valence-electron chi connectivity index (χ3n) is 2.68. The maximum absolute atomic E-state index is 12.9. The van der Waals surface area contributed by atoms with Crippen molar-refractivity contribution in [2.75, 3.05) is 6.54 Å². The summed E-state index contributed by atoms with van der Waals surface area (Å²) in [5.41, 5.74) is -0.922. The molecule has 1 aromatic carbocycles. The second kappa shape index (κ2) is 4.91. The average Bonchev–Trinajstić information content (AvgIpc) is 2.70. The first-order valence-electron chi connectivity index (χ1n) is 5.71. The molecule has 102 valence electrons. The van der Waals surface area contributed by atoms with E-state index in [1.165, 1.54) is 18.2 Å². The summed E-state index contributed by atoms with van der Waals surface area (Å²) in [6.07, 6.45) is -4.50. The molecule has 0 bridgehead atoms. The number of hydrogen-bond donors (Lipinski definition) is 2. The molecule has 0 saturated carbocycles. The number of carbonyl (C=O) groups excluding carboxylic acids is 1. The Morgan fingerprint density at radius 3 is 2.63 bits per heavy atom. The number of rotatable bonds is 2. The van der Waals surface area contributed by atoms with Gasteiger partial charge in [0.15, 0.2) is 5.96 Å². The molecule has 1 fully saturated rings. The van der Waals surface area contributed by atoms with E-state index in [0.717, 1.165) is 6.07 Å². The zero-order valence-corrected chi connectivity index (χ0v) is 10.1. The van der Waals surface area contributed by atoms with Crippen LogP contribution in [0.25, 0.3) is 0 Å². The molecule has 1 saturated heterocycles. The van der Waals surface area contributed by atoms with Gasteiger partial charge >= 0.3 is 6.18 Å². The molecule has 2 N–H and O–H groups in total. The van der Waals surface area contributed by atoms with E-state index < -0.39 is 23.7 Å². The van der Waals surface area contributed by atoms with E-state index in [4.69, 9.17) is 0 Å². The molecule has 0 aromatic heterocycles. The standard InChI is InChI=1S/C12H12F3N3O/c1-2-16-11-17-9(10(19)18-11)7-5-3-4-6-8(7)12(13,14)15/h3-6,9H,2H2,1H3,(H2,16,17,18,19). The molecule has 1 aliphatic heterocycles. The minimum Gasteiger partial charge on any atom is -0.340 e. The third-order valence-corrected chi connectivity index (χ3v) is 2.68. The monoisotopic (exact) mass is 271 g/mol. The highest BCUT2D eigenvalue weighted by atomic mass is 19.4. The Bertz CT molecular complexity index is 525. The van der Waals surface area contributed by atoms with E-state index in [0.29, 0.717) is 6.54 Å². The van der Waals surface area contributed by atoms with Gasteiger partial charge in [0, 0.05) is 6.54 Å². The van der Waals surface area contributed by atoms with Crippen LogP contribution < -0.4 is 10.6 Å². The van der Waals surface area contributed by atoms with Gasteiger partial charge in [0.2, 0.25) is 0 Å². The number of guanidine groups is 1. The average molecular weight is 271 g/mol. The van der Waals surface area contributed by atoms with Gasteiger partial charge in [-0.25, -0.2) is 0 Å². The lowest BCUT2D eigenvalue weighted by Crippen LogP contribution is -2.25. The molecule has 0 radical (unpaired) electrons. The lowest BCUT2D eigenvalue weighted by atomic mass is 10.00. The Balaban J connectivity index is 2.38. The Kier molecular flexibility index (Phi) is 3.46.